The minimum absolute atomic E-state index is 0.0793. The lowest BCUT2D eigenvalue weighted by Gasteiger charge is -2.51. The fraction of sp³-hybridized carbons (Fsp3) is 0.944. The van der Waals surface area contributed by atoms with E-state index in [1.165, 1.54) is 0 Å². The van der Waals surface area contributed by atoms with Gasteiger partial charge in [-0.2, -0.15) is 0 Å². The fourth-order valence-corrected chi connectivity index (χ4v) is 15.6. The molecule has 0 spiro atoms. The van der Waals surface area contributed by atoms with Crippen LogP contribution in [0.2, 0.25) is 22.2 Å². The number of alkyl halides is 2. The van der Waals surface area contributed by atoms with Gasteiger partial charge in [-0.05, 0) is 28.6 Å². The van der Waals surface area contributed by atoms with Crippen molar-refractivity contribution in [3.63, 3.8) is 0 Å². The van der Waals surface area contributed by atoms with Gasteiger partial charge < -0.3 is 13.0 Å². The Morgan fingerprint density at radius 2 is 1.36 bits per heavy atom. The summed E-state index contributed by atoms with van der Waals surface area (Å²) in [4.78, 5) is 0. The van der Waals surface area contributed by atoms with Crippen LogP contribution in [0.25, 0.3) is 0 Å². The van der Waals surface area contributed by atoms with Gasteiger partial charge in [-0.1, -0.05) is 55.4 Å². The third kappa shape index (κ3) is 3.64. The van der Waals surface area contributed by atoms with E-state index in [9.17, 15) is 8.78 Å². The average molecular weight is 394 g/mol. The number of hydrogen-bond donors (Lipinski definition) is 0. The van der Waals surface area contributed by atoms with Crippen molar-refractivity contribution in [1.82, 2.24) is 0 Å². The minimum atomic E-state index is -2.92. The first-order valence-corrected chi connectivity index (χ1v) is 13.6. The predicted molar refractivity (Wildman–Crippen MR) is 101 cm³/mol. The van der Waals surface area contributed by atoms with E-state index in [2.05, 4.69) is 55.4 Å². The van der Waals surface area contributed by atoms with Gasteiger partial charge >= 0.3 is 17.1 Å². The van der Waals surface area contributed by atoms with E-state index in [0.717, 1.165) is 6.42 Å². The number of rotatable bonds is 4. The van der Waals surface area contributed by atoms with E-state index < -0.39 is 29.1 Å². The van der Waals surface area contributed by atoms with Gasteiger partial charge in [0.05, 0.1) is 0 Å². The van der Waals surface area contributed by atoms with Crippen LogP contribution in [0.3, 0.4) is 0 Å². The Balaban J connectivity index is 2.55. The van der Waals surface area contributed by atoms with Crippen LogP contribution in [0.5, 0.6) is 0 Å². The van der Waals surface area contributed by atoms with Gasteiger partial charge in [0.15, 0.2) is 0 Å². The number of hydrogen-bond acceptors (Lipinski definition) is 3. The monoisotopic (exact) mass is 393 g/mol. The first-order valence-electron chi connectivity index (χ1n) is 9.63. The van der Waals surface area contributed by atoms with Crippen molar-refractivity contribution in [2.75, 3.05) is 6.61 Å². The van der Waals surface area contributed by atoms with Gasteiger partial charge in [-0.3, -0.25) is 0 Å². The molecule has 1 aliphatic heterocycles. The van der Waals surface area contributed by atoms with Crippen LogP contribution in [0.1, 0.15) is 61.8 Å². The van der Waals surface area contributed by atoms with Crippen molar-refractivity contribution in [1.29, 1.82) is 0 Å². The molecule has 0 N–H and O–H groups in total. The van der Waals surface area contributed by atoms with Gasteiger partial charge in [0, 0.05) is 18.9 Å². The van der Waals surface area contributed by atoms with Crippen molar-refractivity contribution >= 4 is 17.1 Å². The summed E-state index contributed by atoms with van der Waals surface area (Å²) in [5.41, 5.74) is 0.636. The zero-order valence-electron chi connectivity index (χ0n) is 16.9. The molecule has 1 aliphatic carbocycles. The lowest BCUT2D eigenvalue weighted by atomic mass is 10.1. The molecule has 2 fully saturated rings. The molecular formula is C18H35F2O3Si2. The highest BCUT2D eigenvalue weighted by Gasteiger charge is 2.63. The Kier molecular flexibility index (Phi) is 6.27. The minimum Gasteiger partial charge on any atom is -0.414 e. The Bertz CT molecular complexity index is 453. The predicted octanol–water partition coefficient (Wildman–Crippen LogP) is 5.80. The third-order valence-electron chi connectivity index (χ3n) is 5.87. The largest absolute Gasteiger partial charge is 0.414 e. The van der Waals surface area contributed by atoms with Crippen LogP contribution in [0, 0.1) is 12.3 Å². The molecule has 1 saturated heterocycles. The molecule has 0 amide bonds. The molecule has 2 rings (SSSR count). The second kappa shape index (κ2) is 7.30. The molecule has 1 radical (unpaired) electrons. The standard InChI is InChI=1S/C18H35F2O3Si2/c1-12(2)24(13(3)4)21-11-16-9-10-18(19,20)17(16)22-25(23-24,14(5)6)15(7)8/h10,12-17H,9,11H2,1-8H3. The van der Waals surface area contributed by atoms with Crippen LogP contribution in [-0.2, 0) is 13.0 Å². The maximum Gasteiger partial charge on any atom is 0.335 e. The molecule has 0 aromatic rings. The van der Waals surface area contributed by atoms with Crippen molar-refractivity contribution in [2.45, 2.75) is 96.0 Å². The second-order valence-electron chi connectivity index (χ2n) is 8.89. The van der Waals surface area contributed by atoms with Crippen LogP contribution in [0.4, 0.5) is 8.78 Å². The van der Waals surface area contributed by atoms with E-state index >= 15 is 0 Å². The Morgan fingerprint density at radius 1 is 0.880 bits per heavy atom. The van der Waals surface area contributed by atoms with Crippen LogP contribution < -0.4 is 0 Å². The van der Waals surface area contributed by atoms with Crippen molar-refractivity contribution in [3.05, 3.63) is 6.42 Å². The highest BCUT2D eigenvalue weighted by molar-refractivity contribution is 6.83. The number of halogens is 2. The van der Waals surface area contributed by atoms with Gasteiger partial charge in [-0.25, -0.2) is 8.78 Å². The third-order valence-corrected chi connectivity index (χ3v) is 16.1. The van der Waals surface area contributed by atoms with Gasteiger partial charge in [-0.15, -0.1) is 0 Å². The number of fused-ring (bicyclic) bond motifs is 1. The van der Waals surface area contributed by atoms with Crippen LogP contribution in [-0.4, -0.2) is 35.8 Å². The maximum atomic E-state index is 14.5. The molecule has 0 bridgehead atoms. The van der Waals surface area contributed by atoms with Crippen LogP contribution >= 0.6 is 0 Å². The molecule has 1 heterocycles. The van der Waals surface area contributed by atoms with Crippen molar-refractivity contribution in [2.24, 2.45) is 5.92 Å². The SMILES string of the molecule is CC(C)[Si]1(C(C)C)OCC2C[CH]C(F)(F)C2O[Si](C(C)C)(C(C)C)O1. The van der Waals surface area contributed by atoms with E-state index in [4.69, 9.17) is 13.0 Å². The lowest BCUT2D eigenvalue weighted by molar-refractivity contribution is -0.0932. The second-order valence-corrected chi connectivity index (χ2v) is 17.7. The fourth-order valence-electron chi connectivity index (χ4n) is 4.34. The summed E-state index contributed by atoms with van der Waals surface area (Å²) < 4.78 is 48.8. The normalized spacial score (nSPS) is 31.4. The first kappa shape index (κ1) is 21.5. The summed E-state index contributed by atoms with van der Waals surface area (Å²) in [6.07, 6.45) is 0.347. The molecule has 0 aromatic carbocycles. The van der Waals surface area contributed by atoms with Gasteiger partial charge in [0.25, 0.3) is 5.92 Å². The van der Waals surface area contributed by atoms with E-state index in [1.807, 2.05) is 0 Å². The molecule has 1 saturated carbocycles. The highest BCUT2D eigenvalue weighted by atomic mass is 28.5. The quantitative estimate of drug-likeness (QED) is 0.565. The Morgan fingerprint density at radius 3 is 1.80 bits per heavy atom. The molecule has 3 nitrogen and oxygen atoms in total. The molecule has 2 aliphatic rings. The first-order chi connectivity index (χ1) is 11.4. The van der Waals surface area contributed by atoms with Crippen molar-refractivity contribution in [3.8, 4) is 0 Å². The molecule has 2 unspecified atom stereocenters. The van der Waals surface area contributed by atoms with Gasteiger partial charge in [0.1, 0.15) is 6.10 Å². The molecule has 25 heavy (non-hydrogen) atoms. The molecule has 0 aromatic heterocycles. The Labute approximate surface area is 154 Å². The topological polar surface area (TPSA) is 27.7 Å². The molecular weight excluding hydrogens is 358 g/mol. The smallest absolute Gasteiger partial charge is 0.335 e. The average Bonchev–Trinajstić information content (AvgIpc) is 2.71. The van der Waals surface area contributed by atoms with Gasteiger partial charge in [0.2, 0.25) is 0 Å². The zero-order valence-corrected chi connectivity index (χ0v) is 18.9. The van der Waals surface area contributed by atoms with E-state index in [0.29, 0.717) is 13.0 Å². The Hall–Kier alpha value is 0.174. The molecule has 7 heteroatoms. The summed E-state index contributed by atoms with van der Waals surface area (Å²) in [7, 11) is -5.53. The zero-order chi connectivity index (χ0) is 19.2. The summed E-state index contributed by atoms with van der Waals surface area (Å²) in [5.74, 6) is -3.19. The summed E-state index contributed by atoms with van der Waals surface area (Å²) in [6, 6.07) is 0. The van der Waals surface area contributed by atoms with E-state index in [1.54, 1.807) is 0 Å². The summed E-state index contributed by atoms with van der Waals surface area (Å²) in [6.45, 7) is 17.1. The van der Waals surface area contributed by atoms with E-state index in [-0.39, 0.29) is 28.1 Å². The summed E-state index contributed by atoms with van der Waals surface area (Å²) in [5, 5.41) is 0. The van der Waals surface area contributed by atoms with Crippen LogP contribution in [0.15, 0.2) is 0 Å². The molecule has 2 atom stereocenters. The highest BCUT2D eigenvalue weighted by Crippen LogP contribution is 2.51. The summed E-state index contributed by atoms with van der Waals surface area (Å²) >= 11 is 0. The van der Waals surface area contributed by atoms with Crippen molar-refractivity contribution < 1.29 is 21.7 Å². The molecule has 147 valence electrons. The lowest BCUT2D eigenvalue weighted by Crippen LogP contribution is -2.65. The maximum absolute atomic E-state index is 14.5.